The maximum absolute atomic E-state index is 11.6. The van der Waals surface area contributed by atoms with Gasteiger partial charge in [0.2, 0.25) is 0 Å². The highest BCUT2D eigenvalue weighted by atomic mass is 16.5. The van der Waals surface area contributed by atoms with Crippen LogP contribution in [0.3, 0.4) is 0 Å². The van der Waals surface area contributed by atoms with Crippen LogP contribution in [0, 0.1) is 0 Å². The second-order valence-corrected chi connectivity index (χ2v) is 5.80. The summed E-state index contributed by atoms with van der Waals surface area (Å²) < 4.78 is 5.41. The van der Waals surface area contributed by atoms with Gasteiger partial charge in [-0.25, -0.2) is 0 Å². The number of unbranched alkanes of at least 4 members (excludes halogenated alkanes) is 6. The Morgan fingerprint density at radius 1 is 1.11 bits per heavy atom. The Hall–Kier alpha value is -0.570. The number of rotatable bonds is 9. The van der Waals surface area contributed by atoms with Crippen LogP contribution in [-0.4, -0.2) is 23.3 Å². The zero-order chi connectivity index (χ0) is 13.9. The Balaban J connectivity index is 1.95. The zero-order valence-corrected chi connectivity index (χ0v) is 12.4. The topological polar surface area (TPSA) is 46.5 Å². The van der Waals surface area contributed by atoms with Crippen molar-refractivity contribution in [2.45, 2.75) is 96.2 Å². The number of carbonyl (C=O) groups is 1. The standard InChI is InChI=1S/C16H30O3/c1-2-3-4-5-6-7-8-12-16(18)19-15-11-9-10-14(17)13-15/h14-15,17H,2-13H2,1H3/t14-,15-/m1/s1. The third-order valence-corrected chi connectivity index (χ3v) is 3.88. The molecule has 0 aliphatic heterocycles. The molecule has 3 nitrogen and oxygen atoms in total. The molecule has 1 rings (SSSR count). The van der Waals surface area contributed by atoms with Gasteiger partial charge in [-0.15, -0.1) is 0 Å². The van der Waals surface area contributed by atoms with Crippen molar-refractivity contribution >= 4 is 5.97 Å². The van der Waals surface area contributed by atoms with Crippen molar-refractivity contribution in [2.24, 2.45) is 0 Å². The minimum absolute atomic E-state index is 0.0409. The van der Waals surface area contributed by atoms with Crippen LogP contribution in [0.5, 0.6) is 0 Å². The van der Waals surface area contributed by atoms with E-state index in [1.165, 1.54) is 32.1 Å². The minimum atomic E-state index is -0.273. The van der Waals surface area contributed by atoms with E-state index in [1.54, 1.807) is 0 Å². The summed E-state index contributed by atoms with van der Waals surface area (Å²) in [6.07, 6.45) is 12.1. The lowest BCUT2D eigenvalue weighted by atomic mass is 9.95. The first-order chi connectivity index (χ1) is 9.22. The highest BCUT2D eigenvalue weighted by molar-refractivity contribution is 5.69. The van der Waals surface area contributed by atoms with Crippen LogP contribution in [0.2, 0.25) is 0 Å². The molecule has 1 aliphatic rings. The molecular formula is C16H30O3. The van der Waals surface area contributed by atoms with E-state index in [2.05, 4.69) is 6.92 Å². The van der Waals surface area contributed by atoms with E-state index >= 15 is 0 Å². The summed E-state index contributed by atoms with van der Waals surface area (Å²) in [7, 11) is 0. The molecule has 0 heterocycles. The zero-order valence-electron chi connectivity index (χ0n) is 12.4. The summed E-state index contributed by atoms with van der Waals surface area (Å²) in [6, 6.07) is 0. The fraction of sp³-hybridized carbons (Fsp3) is 0.938. The average molecular weight is 270 g/mol. The van der Waals surface area contributed by atoms with Gasteiger partial charge in [-0.2, -0.15) is 0 Å². The Morgan fingerprint density at radius 3 is 2.47 bits per heavy atom. The summed E-state index contributed by atoms with van der Waals surface area (Å²) in [4.78, 5) is 11.6. The molecule has 0 unspecified atom stereocenters. The molecule has 19 heavy (non-hydrogen) atoms. The maximum atomic E-state index is 11.6. The smallest absolute Gasteiger partial charge is 0.306 e. The molecule has 0 spiro atoms. The summed E-state index contributed by atoms with van der Waals surface area (Å²) in [5.41, 5.74) is 0. The number of aliphatic hydroxyl groups is 1. The number of esters is 1. The third-order valence-electron chi connectivity index (χ3n) is 3.88. The van der Waals surface area contributed by atoms with Gasteiger partial charge in [0.25, 0.3) is 0 Å². The Labute approximate surface area is 117 Å². The predicted molar refractivity (Wildman–Crippen MR) is 77.0 cm³/mol. The van der Waals surface area contributed by atoms with Gasteiger partial charge in [0, 0.05) is 12.8 Å². The molecule has 0 aromatic carbocycles. The molecule has 1 aliphatic carbocycles. The monoisotopic (exact) mass is 270 g/mol. The van der Waals surface area contributed by atoms with Crippen molar-refractivity contribution in [1.82, 2.24) is 0 Å². The molecule has 3 heteroatoms. The first kappa shape index (κ1) is 16.5. The highest BCUT2D eigenvalue weighted by Crippen LogP contribution is 2.21. The van der Waals surface area contributed by atoms with Crippen LogP contribution in [0.4, 0.5) is 0 Å². The minimum Gasteiger partial charge on any atom is -0.462 e. The van der Waals surface area contributed by atoms with E-state index in [0.29, 0.717) is 12.8 Å². The lowest BCUT2D eigenvalue weighted by molar-refractivity contribution is -0.152. The van der Waals surface area contributed by atoms with Crippen LogP contribution in [0.15, 0.2) is 0 Å². The van der Waals surface area contributed by atoms with Gasteiger partial charge in [0.1, 0.15) is 6.10 Å². The first-order valence-corrected chi connectivity index (χ1v) is 8.10. The van der Waals surface area contributed by atoms with Crippen molar-refractivity contribution in [3.63, 3.8) is 0 Å². The summed E-state index contributed by atoms with van der Waals surface area (Å²) in [6.45, 7) is 2.22. The van der Waals surface area contributed by atoms with Crippen molar-refractivity contribution in [1.29, 1.82) is 0 Å². The molecule has 0 amide bonds. The summed E-state index contributed by atoms with van der Waals surface area (Å²) in [5, 5.41) is 9.52. The number of hydrogen-bond donors (Lipinski definition) is 1. The molecule has 2 atom stereocenters. The van der Waals surface area contributed by atoms with Gasteiger partial charge < -0.3 is 9.84 Å². The maximum Gasteiger partial charge on any atom is 0.306 e. The molecule has 0 aromatic rings. The lowest BCUT2D eigenvalue weighted by Crippen LogP contribution is -2.28. The second-order valence-electron chi connectivity index (χ2n) is 5.80. The van der Waals surface area contributed by atoms with Gasteiger partial charge in [-0.3, -0.25) is 4.79 Å². The molecule has 1 saturated carbocycles. The Bertz CT molecular complexity index is 240. The molecule has 1 fully saturated rings. The SMILES string of the molecule is CCCCCCCCCC(=O)O[C@@H]1CCC[C@@H](O)C1. The Morgan fingerprint density at radius 2 is 1.79 bits per heavy atom. The number of ether oxygens (including phenoxy) is 1. The second kappa shape index (κ2) is 10.2. The summed E-state index contributed by atoms with van der Waals surface area (Å²) >= 11 is 0. The van der Waals surface area contributed by atoms with Crippen LogP contribution < -0.4 is 0 Å². The van der Waals surface area contributed by atoms with E-state index in [-0.39, 0.29) is 18.2 Å². The molecule has 1 N–H and O–H groups in total. The fourth-order valence-corrected chi connectivity index (χ4v) is 2.70. The van der Waals surface area contributed by atoms with Crippen LogP contribution in [-0.2, 0) is 9.53 Å². The van der Waals surface area contributed by atoms with Crippen LogP contribution in [0.25, 0.3) is 0 Å². The largest absolute Gasteiger partial charge is 0.462 e. The van der Waals surface area contributed by atoms with Gasteiger partial charge in [-0.05, 0) is 25.7 Å². The van der Waals surface area contributed by atoms with Crippen molar-refractivity contribution in [3.8, 4) is 0 Å². The van der Waals surface area contributed by atoms with E-state index in [1.807, 2.05) is 0 Å². The number of carbonyl (C=O) groups excluding carboxylic acids is 1. The van der Waals surface area contributed by atoms with E-state index < -0.39 is 0 Å². The molecule has 112 valence electrons. The van der Waals surface area contributed by atoms with E-state index in [4.69, 9.17) is 4.74 Å². The van der Waals surface area contributed by atoms with Gasteiger partial charge in [0.15, 0.2) is 0 Å². The number of hydrogen-bond acceptors (Lipinski definition) is 3. The fourth-order valence-electron chi connectivity index (χ4n) is 2.70. The molecule has 0 saturated heterocycles. The van der Waals surface area contributed by atoms with Crippen LogP contribution in [0.1, 0.15) is 84.0 Å². The number of aliphatic hydroxyl groups excluding tert-OH is 1. The normalized spacial score (nSPS) is 23.3. The lowest BCUT2D eigenvalue weighted by Gasteiger charge is -2.25. The molecule has 0 radical (unpaired) electrons. The van der Waals surface area contributed by atoms with E-state index in [0.717, 1.165) is 32.1 Å². The Kier molecular flexibility index (Phi) is 8.89. The van der Waals surface area contributed by atoms with Crippen molar-refractivity contribution in [2.75, 3.05) is 0 Å². The van der Waals surface area contributed by atoms with Crippen LogP contribution >= 0.6 is 0 Å². The average Bonchev–Trinajstić information content (AvgIpc) is 2.37. The highest BCUT2D eigenvalue weighted by Gasteiger charge is 2.22. The first-order valence-electron chi connectivity index (χ1n) is 8.10. The molecular weight excluding hydrogens is 240 g/mol. The quantitative estimate of drug-likeness (QED) is 0.509. The van der Waals surface area contributed by atoms with E-state index in [9.17, 15) is 9.90 Å². The van der Waals surface area contributed by atoms with Crippen molar-refractivity contribution < 1.29 is 14.6 Å². The van der Waals surface area contributed by atoms with Gasteiger partial charge >= 0.3 is 5.97 Å². The third kappa shape index (κ3) is 8.25. The predicted octanol–water partition coefficient (Wildman–Crippen LogP) is 3.97. The van der Waals surface area contributed by atoms with Crippen molar-refractivity contribution in [3.05, 3.63) is 0 Å². The van der Waals surface area contributed by atoms with Gasteiger partial charge in [0.05, 0.1) is 6.10 Å². The molecule has 0 bridgehead atoms. The summed E-state index contributed by atoms with van der Waals surface area (Å²) in [5.74, 6) is -0.0762. The molecule has 0 aromatic heterocycles. The van der Waals surface area contributed by atoms with Gasteiger partial charge in [-0.1, -0.05) is 45.4 Å².